The van der Waals surface area contributed by atoms with Gasteiger partial charge in [0.05, 0.1) is 0 Å². The minimum atomic E-state index is -4.47. The summed E-state index contributed by atoms with van der Waals surface area (Å²) in [4.78, 5) is 19.0. The van der Waals surface area contributed by atoms with E-state index in [1.54, 1.807) is 26.1 Å². The molecule has 0 radical (unpaired) electrons. The summed E-state index contributed by atoms with van der Waals surface area (Å²) < 4.78 is 52.0. The van der Waals surface area contributed by atoms with Crippen LogP contribution in [0, 0.1) is 12.7 Å². The summed E-state index contributed by atoms with van der Waals surface area (Å²) in [5.41, 5.74) is 0.889. The fourth-order valence-electron chi connectivity index (χ4n) is 3.42. The number of aromatic nitrogens is 1. The molecule has 170 valence electrons. The molecule has 4 nitrogen and oxygen atoms in total. The first kappa shape index (κ1) is 23.7. The first-order chi connectivity index (χ1) is 15.2. The Morgan fingerprint density at radius 1 is 1.22 bits per heavy atom. The molecule has 0 aliphatic rings. The molecule has 2 heterocycles. The standard InChI is InChI=1S/C23H23F4N3OS/c1-15-13-17(8-9-18(15)24)30(21(22(31)28-2)19-6-4-12-32-19)11-3-5-16-7-10-20(29-14-16)23(25,26)27/h4,6-10,12-14,21H,3,5,11H2,1-2H3,(H,28,31)/t21-/m1/s1. The lowest BCUT2D eigenvalue weighted by Crippen LogP contribution is -2.40. The van der Waals surface area contributed by atoms with Crippen molar-refractivity contribution >= 4 is 22.9 Å². The Labute approximate surface area is 187 Å². The number of hydrogen-bond acceptors (Lipinski definition) is 4. The highest BCUT2D eigenvalue weighted by atomic mass is 32.1. The number of rotatable bonds is 8. The maximum atomic E-state index is 13.9. The topological polar surface area (TPSA) is 45.2 Å². The molecule has 2 aromatic heterocycles. The van der Waals surface area contributed by atoms with Gasteiger partial charge in [0.15, 0.2) is 0 Å². The molecule has 1 amide bonds. The maximum Gasteiger partial charge on any atom is 0.433 e. The highest BCUT2D eigenvalue weighted by molar-refractivity contribution is 7.10. The SMILES string of the molecule is CNC(=O)[C@@H](c1cccs1)N(CCCc1ccc(C(F)(F)F)nc1)c1ccc(F)c(C)c1. The van der Waals surface area contributed by atoms with Gasteiger partial charge in [-0.3, -0.25) is 9.78 Å². The fourth-order valence-corrected chi connectivity index (χ4v) is 4.25. The van der Waals surface area contributed by atoms with E-state index in [9.17, 15) is 22.4 Å². The van der Waals surface area contributed by atoms with Crippen LogP contribution in [0.2, 0.25) is 0 Å². The van der Waals surface area contributed by atoms with Crippen LogP contribution >= 0.6 is 11.3 Å². The molecule has 32 heavy (non-hydrogen) atoms. The van der Waals surface area contributed by atoms with Crippen LogP contribution in [0.3, 0.4) is 0 Å². The summed E-state index contributed by atoms with van der Waals surface area (Å²) >= 11 is 1.45. The molecule has 0 spiro atoms. The molecular weight excluding hydrogens is 442 g/mol. The van der Waals surface area contributed by atoms with Gasteiger partial charge in [-0.05, 0) is 66.6 Å². The molecule has 0 bridgehead atoms. The van der Waals surface area contributed by atoms with Crippen molar-refractivity contribution in [2.24, 2.45) is 0 Å². The summed E-state index contributed by atoms with van der Waals surface area (Å²) in [7, 11) is 1.56. The molecule has 1 atom stereocenters. The van der Waals surface area contributed by atoms with Crippen LogP contribution < -0.4 is 10.2 Å². The molecule has 0 fully saturated rings. The minimum absolute atomic E-state index is 0.203. The number of carbonyl (C=O) groups is 1. The summed E-state index contributed by atoms with van der Waals surface area (Å²) in [5.74, 6) is -0.539. The van der Waals surface area contributed by atoms with Gasteiger partial charge in [0, 0.05) is 30.4 Å². The summed E-state index contributed by atoms with van der Waals surface area (Å²) in [6.07, 6.45) is -2.21. The van der Waals surface area contributed by atoms with E-state index in [-0.39, 0.29) is 11.7 Å². The minimum Gasteiger partial charge on any atom is -0.357 e. The van der Waals surface area contributed by atoms with E-state index < -0.39 is 17.9 Å². The highest BCUT2D eigenvalue weighted by Gasteiger charge is 2.32. The lowest BCUT2D eigenvalue weighted by atomic mass is 10.1. The van der Waals surface area contributed by atoms with Crippen LogP contribution in [0.15, 0.2) is 54.0 Å². The molecule has 0 saturated carbocycles. The summed E-state index contributed by atoms with van der Waals surface area (Å²) in [5, 5.41) is 4.58. The Bertz CT molecular complexity index is 1040. The van der Waals surface area contributed by atoms with Gasteiger partial charge in [-0.1, -0.05) is 12.1 Å². The average Bonchev–Trinajstić information content (AvgIpc) is 3.29. The second kappa shape index (κ2) is 10.1. The maximum absolute atomic E-state index is 13.9. The summed E-state index contributed by atoms with van der Waals surface area (Å²) in [6, 6.07) is 10.2. The van der Waals surface area contributed by atoms with Crippen molar-refractivity contribution < 1.29 is 22.4 Å². The molecule has 0 aliphatic carbocycles. The molecular formula is C23H23F4N3OS. The van der Waals surface area contributed by atoms with Crippen LogP contribution in [0.25, 0.3) is 0 Å². The van der Waals surface area contributed by atoms with E-state index in [2.05, 4.69) is 10.3 Å². The van der Waals surface area contributed by atoms with Crippen LogP contribution in [-0.4, -0.2) is 24.5 Å². The zero-order chi connectivity index (χ0) is 23.3. The molecule has 3 aromatic rings. The largest absolute Gasteiger partial charge is 0.433 e. The van der Waals surface area contributed by atoms with Crippen LogP contribution in [0.5, 0.6) is 0 Å². The van der Waals surface area contributed by atoms with Crippen molar-refractivity contribution in [3.8, 4) is 0 Å². The predicted octanol–water partition coefficient (Wildman–Crippen LogP) is 5.54. The first-order valence-corrected chi connectivity index (χ1v) is 10.9. The van der Waals surface area contributed by atoms with Crippen molar-refractivity contribution in [1.29, 1.82) is 0 Å². The van der Waals surface area contributed by atoms with Gasteiger partial charge >= 0.3 is 6.18 Å². The third-order valence-corrected chi connectivity index (χ3v) is 6.00. The lowest BCUT2D eigenvalue weighted by molar-refractivity contribution is -0.141. The van der Waals surface area contributed by atoms with E-state index in [0.717, 1.165) is 10.9 Å². The van der Waals surface area contributed by atoms with Crippen molar-refractivity contribution in [2.45, 2.75) is 32.0 Å². The quantitative estimate of drug-likeness (QED) is 0.445. The van der Waals surface area contributed by atoms with Crippen LogP contribution in [0.1, 0.15) is 34.2 Å². The zero-order valence-electron chi connectivity index (χ0n) is 17.6. The third kappa shape index (κ3) is 5.64. The third-order valence-electron chi connectivity index (χ3n) is 5.07. The average molecular weight is 466 g/mol. The van der Waals surface area contributed by atoms with Crippen LogP contribution in [-0.2, 0) is 17.4 Å². The Kier molecular flexibility index (Phi) is 7.50. The molecule has 0 unspecified atom stereocenters. The number of hydrogen-bond donors (Lipinski definition) is 1. The number of likely N-dealkylation sites (N-methyl/N-ethyl adjacent to an activating group) is 1. The van der Waals surface area contributed by atoms with E-state index >= 15 is 0 Å². The number of halogens is 4. The van der Waals surface area contributed by atoms with Crippen molar-refractivity contribution in [3.63, 3.8) is 0 Å². The van der Waals surface area contributed by atoms with Gasteiger partial charge in [-0.25, -0.2) is 4.39 Å². The van der Waals surface area contributed by atoms with E-state index in [1.807, 2.05) is 22.4 Å². The highest BCUT2D eigenvalue weighted by Crippen LogP contribution is 2.32. The van der Waals surface area contributed by atoms with Gasteiger partial charge in [-0.15, -0.1) is 11.3 Å². The second-order valence-corrected chi connectivity index (χ2v) is 8.29. The van der Waals surface area contributed by atoms with Gasteiger partial charge in [0.2, 0.25) is 5.91 Å². The van der Waals surface area contributed by atoms with Crippen LogP contribution in [0.4, 0.5) is 23.2 Å². The number of nitrogens with zero attached hydrogens (tertiary/aromatic N) is 2. The van der Waals surface area contributed by atoms with Crippen molar-refractivity contribution in [1.82, 2.24) is 10.3 Å². The number of aryl methyl sites for hydroxylation is 2. The number of alkyl halides is 3. The van der Waals surface area contributed by atoms with Gasteiger partial charge < -0.3 is 10.2 Å². The fraction of sp³-hybridized carbons (Fsp3) is 0.304. The van der Waals surface area contributed by atoms with E-state index in [4.69, 9.17) is 0 Å². The van der Waals surface area contributed by atoms with Crippen molar-refractivity contribution in [2.75, 3.05) is 18.5 Å². The molecule has 1 N–H and O–H groups in total. The number of anilines is 1. The Morgan fingerprint density at radius 2 is 2.00 bits per heavy atom. The predicted molar refractivity (Wildman–Crippen MR) is 117 cm³/mol. The Hall–Kier alpha value is -2.94. The van der Waals surface area contributed by atoms with Crippen molar-refractivity contribution in [3.05, 3.63) is 81.6 Å². The molecule has 0 saturated heterocycles. The first-order valence-electron chi connectivity index (χ1n) is 10.0. The van der Waals surface area contributed by atoms with E-state index in [1.165, 1.54) is 29.7 Å². The van der Waals surface area contributed by atoms with Gasteiger partial charge in [-0.2, -0.15) is 13.2 Å². The molecule has 9 heteroatoms. The number of amides is 1. The summed E-state index contributed by atoms with van der Waals surface area (Å²) in [6.45, 7) is 2.09. The number of thiophene rings is 1. The smallest absolute Gasteiger partial charge is 0.357 e. The zero-order valence-corrected chi connectivity index (χ0v) is 18.4. The Balaban J connectivity index is 1.84. The Morgan fingerprint density at radius 3 is 2.56 bits per heavy atom. The molecule has 1 aromatic carbocycles. The number of nitrogens with one attached hydrogen (secondary N) is 1. The van der Waals surface area contributed by atoms with Gasteiger partial charge in [0.25, 0.3) is 0 Å². The molecule has 0 aliphatic heterocycles. The monoisotopic (exact) mass is 465 g/mol. The van der Waals surface area contributed by atoms with E-state index in [0.29, 0.717) is 36.2 Å². The molecule has 3 rings (SSSR count). The number of carbonyl (C=O) groups excluding carboxylic acids is 1. The van der Waals surface area contributed by atoms with Gasteiger partial charge in [0.1, 0.15) is 17.6 Å². The number of benzene rings is 1. The number of pyridine rings is 1. The normalized spacial score (nSPS) is 12.4. The lowest BCUT2D eigenvalue weighted by Gasteiger charge is -2.32. The second-order valence-electron chi connectivity index (χ2n) is 7.31.